The summed E-state index contributed by atoms with van der Waals surface area (Å²) in [6.07, 6.45) is 7.85. The number of rotatable bonds is 4. The first-order chi connectivity index (χ1) is 6.39. The van der Waals surface area contributed by atoms with E-state index in [9.17, 15) is 4.79 Å². The Morgan fingerprint density at radius 2 is 2.21 bits per heavy atom. The minimum absolute atomic E-state index is 0.123. The van der Waals surface area contributed by atoms with E-state index in [1.54, 1.807) is 0 Å². The van der Waals surface area contributed by atoms with E-state index in [4.69, 9.17) is 5.11 Å². The number of carboxylic acids is 1. The van der Waals surface area contributed by atoms with Gasteiger partial charge in [-0.05, 0) is 18.3 Å². The summed E-state index contributed by atoms with van der Waals surface area (Å²) in [5.41, 5.74) is -0.0739. The van der Waals surface area contributed by atoms with Crippen LogP contribution in [0, 0.1) is 10.8 Å². The molecule has 1 N–H and O–H groups in total. The molecule has 0 heterocycles. The molecular formula is C12H18O2. The van der Waals surface area contributed by atoms with E-state index in [0.717, 1.165) is 12.8 Å². The first-order valence-electron chi connectivity index (χ1n) is 4.92. The van der Waals surface area contributed by atoms with Crippen molar-refractivity contribution in [2.24, 2.45) is 10.8 Å². The molecule has 2 heteroatoms. The Kier molecular flexibility index (Phi) is 2.84. The van der Waals surface area contributed by atoms with Gasteiger partial charge in [0.05, 0.1) is 6.42 Å². The van der Waals surface area contributed by atoms with E-state index in [-0.39, 0.29) is 17.3 Å². The van der Waals surface area contributed by atoms with Crippen molar-refractivity contribution in [3.63, 3.8) is 0 Å². The SMILES string of the molecule is C=CCC1(CC(=O)O)C=CC(C)(C)C1. The molecule has 0 fully saturated rings. The summed E-state index contributed by atoms with van der Waals surface area (Å²) >= 11 is 0. The molecule has 1 rings (SSSR count). The fraction of sp³-hybridized carbons (Fsp3) is 0.583. The molecule has 78 valence electrons. The van der Waals surface area contributed by atoms with Crippen LogP contribution in [0.15, 0.2) is 24.8 Å². The maximum Gasteiger partial charge on any atom is 0.304 e. The Balaban J connectivity index is 2.81. The van der Waals surface area contributed by atoms with Gasteiger partial charge in [-0.1, -0.05) is 32.1 Å². The molecule has 0 spiro atoms. The second-order valence-corrected chi connectivity index (χ2v) is 4.92. The minimum atomic E-state index is -0.728. The Hall–Kier alpha value is -1.05. The number of carbonyl (C=O) groups is 1. The summed E-state index contributed by atoms with van der Waals surface area (Å²) in [5, 5.41) is 8.87. The molecule has 14 heavy (non-hydrogen) atoms. The number of carboxylic acid groups (broad SMARTS) is 1. The van der Waals surface area contributed by atoms with E-state index in [1.807, 2.05) is 6.08 Å². The van der Waals surface area contributed by atoms with Crippen molar-refractivity contribution < 1.29 is 9.90 Å². The second-order valence-electron chi connectivity index (χ2n) is 4.92. The summed E-state index contributed by atoms with van der Waals surface area (Å²) in [6.45, 7) is 7.97. The quantitative estimate of drug-likeness (QED) is 0.698. The van der Waals surface area contributed by atoms with Gasteiger partial charge >= 0.3 is 5.97 Å². The summed E-state index contributed by atoms with van der Waals surface area (Å²) in [7, 11) is 0. The van der Waals surface area contributed by atoms with Crippen LogP contribution in [-0.4, -0.2) is 11.1 Å². The van der Waals surface area contributed by atoms with E-state index in [2.05, 4.69) is 32.6 Å². The van der Waals surface area contributed by atoms with Crippen molar-refractivity contribution in [2.75, 3.05) is 0 Å². The highest BCUT2D eigenvalue weighted by Crippen LogP contribution is 2.47. The van der Waals surface area contributed by atoms with E-state index >= 15 is 0 Å². The molecule has 0 amide bonds. The lowest BCUT2D eigenvalue weighted by molar-refractivity contribution is -0.139. The van der Waals surface area contributed by atoms with Crippen LogP contribution in [0.3, 0.4) is 0 Å². The van der Waals surface area contributed by atoms with Crippen LogP contribution in [0.2, 0.25) is 0 Å². The van der Waals surface area contributed by atoms with Gasteiger partial charge in [-0.15, -0.1) is 6.58 Å². The second kappa shape index (κ2) is 3.60. The lowest BCUT2D eigenvalue weighted by Crippen LogP contribution is -2.22. The first kappa shape index (κ1) is 11.0. The third-order valence-corrected chi connectivity index (χ3v) is 2.75. The van der Waals surface area contributed by atoms with Crippen LogP contribution in [0.1, 0.15) is 33.1 Å². The molecule has 0 aromatic carbocycles. The van der Waals surface area contributed by atoms with Gasteiger partial charge in [-0.25, -0.2) is 0 Å². The molecule has 0 bridgehead atoms. The predicted molar refractivity (Wildman–Crippen MR) is 57.0 cm³/mol. The van der Waals surface area contributed by atoms with E-state index < -0.39 is 5.97 Å². The largest absolute Gasteiger partial charge is 0.481 e. The molecule has 0 aliphatic heterocycles. The summed E-state index contributed by atoms with van der Waals surface area (Å²) in [4.78, 5) is 10.8. The van der Waals surface area contributed by atoms with Gasteiger partial charge in [0.2, 0.25) is 0 Å². The third-order valence-electron chi connectivity index (χ3n) is 2.75. The number of hydrogen-bond acceptors (Lipinski definition) is 1. The van der Waals surface area contributed by atoms with Gasteiger partial charge in [0.15, 0.2) is 0 Å². The van der Waals surface area contributed by atoms with Gasteiger partial charge in [0, 0.05) is 5.41 Å². The molecule has 0 saturated heterocycles. The average molecular weight is 194 g/mol. The molecule has 1 aliphatic rings. The zero-order valence-corrected chi connectivity index (χ0v) is 8.92. The average Bonchev–Trinajstić information content (AvgIpc) is 2.26. The first-order valence-corrected chi connectivity index (χ1v) is 4.92. The molecule has 1 atom stereocenters. The monoisotopic (exact) mass is 194 g/mol. The maximum absolute atomic E-state index is 10.8. The van der Waals surface area contributed by atoms with Gasteiger partial charge < -0.3 is 5.11 Å². The highest BCUT2D eigenvalue weighted by atomic mass is 16.4. The van der Waals surface area contributed by atoms with Gasteiger partial charge in [0.1, 0.15) is 0 Å². The molecule has 0 saturated carbocycles. The fourth-order valence-electron chi connectivity index (χ4n) is 2.35. The lowest BCUT2D eigenvalue weighted by Gasteiger charge is -2.28. The van der Waals surface area contributed by atoms with Gasteiger partial charge in [-0.2, -0.15) is 0 Å². The van der Waals surface area contributed by atoms with Crippen molar-refractivity contribution in [1.29, 1.82) is 0 Å². The summed E-state index contributed by atoms with van der Waals surface area (Å²) in [6, 6.07) is 0. The molecule has 0 radical (unpaired) electrons. The molecule has 0 aromatic rings. The van der Waals surface area contributed by atoms with Crippen LogP contribution in [0.4, 0.5) is 0 Å². The van der Waals surface area contributed by atoms with E-state index in [0.29, 0.717) is 0 Å². The number of hydrogen-bond donors (Lipinski definition) is 1. The molecule has 2 nitrogen and oxygen atoms in total. The van der Waals surface area contributed by atoms with Crippen molar-refractivity contribution in [1.82, 2.24) is 0 Å². The van der Waals surface area contributed by atoms with Gasteiger partial charge in [-0.3, -0.25) is 4.79 Å². The predicted octanol–water partition coefficient (Wildman–Crippen LogP) is 3.01. The van der Waals surface area contributed by atoms with Crippen LogP contribution < -0.4 is 0 Å². The van der Waals surface area contributed by atoms with Crippen molar-refractivity contribution in [3.05, 3.63) is 24.8 Å². The highest BCUT2D eigenvalue weighted by molar-refractivity contribution is 5.68. The van der Waals surface area contributed by atoms with Crippen molar-refractivity contribution in [3.8, 4) is 0 Å². The minimum Gasteiger partial charge on any atom is -0.481 e. The fourth-order valence-corrected chi connectivity index (χ4v) is 2.35. The Morgan fingerprint density at radius 1 is 1.57 bits per heavy atom. The third kappa shape index (κ3) is 2.47. The molecule has 1 unspecified atom stereocenters. The van der Waals surface area contributed by atoms with Crippen molar-refractivity contribution >= 4 is 5.97 Å². The van der Waals surface area contributed by atoms with Crippen LogP contribution in [0.25, 0.3) is 0 Å². The van der Waals surface area contributed by atoms with Gasteiger partial charge in [0.25, 0.3) is 0 Å². The zero-order valence-electron chi connectivity index (χ0n) is 8.92. The summed E-state index contributed by atoms with van der Waals surface area (Å²) < 4.78 is 0. The Morgan fingerprint density at radius 3 is 2.57 bits per heavy atom. The van der Waals surface area contributed by atoms with Crippen molar-refractivity contribution in [2.45, 2.75) is 33.1 Å². The highest BCUT2D eigenvalue weighted by Gasteiger charge is 2.39. The van der Waals surface area contributed by atoms with Crippen LogP contribution in [0.5, 0.6) is 0 Å². The maximum atomic E-state index is 10.8. The molecule has 1 aliphatic carbocycles. The summed E-state index contributed by atoms with van der Waals surface area (Å²) in [5.74, 6) is -0.728. The normalized spacial score (nSPS) is 29.0. The lowest BCUT2D eigenvalue weighted by atomic mass is 9.75. The molecule has 0 aromatic heterocycles. The molecular weight excluding hydrogens is 176 g/mol. The number of allylic oxidation sites excluding steroid dienone is 3. The van der Waals surface area contributed by atoms with Crippen LogP contribution >= 0.6 is 0 Å². The van der Waals surface area contributed by atoms with Crippen LogP contribution in [-0.2, 0) is 4.79 Å². The van der Waals surface area contributed by atoms with E-state index in [1.165, 1.54) is 0 Å². The Labute approximate surface area is 85.3 Å². The zero-order chi connectivity index (χ0) is 10.8. The Bertz CT molecular complexity index is 276. The standard InChI is InChI=1S/C12H18O2/c1-4-5-12(8-10(13)14)7-6-11(2,3)9-12/h4,6-7H,1,5,8-9H2,2-3H3,(H,13,14). The topological polar surface area (TPSA) is 37.3 Å². The number of aliphatic carboxylic acids is 1. The smallest absolute Gasteiger partial charge is 0.304 e.